The Morgan fingerprint density at radius 1 is 1.19 bits per heavy atom. The lowest BCUT2D eigenvalue weighted by Crippen LogP contribution is -2.11. The molecule has 2 aromatic carbocycles. The van der Waals surface area contributed by atoms with Gasteiger partial charge >= 0.3 is 5.97 Å². The molecule has 0 bridgehead atoms. The Balaban J connectivity index is 2.19. The summed E-state index contributed by atoms with van der Waals surface area (Å²) in [6.07, 6.45) is 1.65. The van der Waals surface area contributed by atoms with E-state index in [-0.39, 0.29) is 17.7 Å². The van der Waals surface area contributed by atoms with Gasteiger partial charge in [0.1, 0.15) is 5.75 Å². The monoisotopic (exact) mass is 485 g/mol. The lowest BCUT2D eigenvalue weighted by Gasteiger charge is -2.08. The number of halogens is 1. The number of hydrogen-bond donors (Lipinski definition) is 1. The summed E-state index contributed by atoms with van der Waals surface area (Å²) in [5, 5.41) is 9.63. The highest BCUT2D eigenvalue weighted by Gasteiger charge is 2.22. The van der Waals surface area contributed by atoms with Gasteiger partial charge in [-0.3, -0.25) is 4.79 Å². The molecular weight excluding hydrogens is 469 g/mol. The van der Waals surface area contributed by atoms with Gasteiger partial charge in [-0.05, 0) is 77.0 Å². The van der Waals surface area contributed by atoms with Crippen LogP contribution in [-0.2, 0) is 21.2 Å². The second kappa shape index (κ2) is 7.28. The molecule has 26 heavy (non-hydrogen) atoms. The SMILES string of the molecule is COc1ccc2c(c1)c(CCC(=O)O)cn2S(=O)(=O)c1ccc(I)cc1. The number of nitrogens with zero attached hydrogens (tertiary/aromatic N) is 1. The van der Waals surface area contributed by atoms with Crippen LogP contribution in [0.2, 0.25) is 0 Å². The number of fused-ring (bicyclic) bond motifs is 1. The fourth-order valence-corrected chi connectivity index (χ4v) is 4.48. The number of methoxy groups -OCH3 is 1. The molecule has 3 aromatic rings. The number of hydrogen-bond acceptors (Lipinski definition) is 4. The lowest BCUT2D eigenvalue weighted by atomic mass is 10.1. The highest BCUT2D eigenvalue weighted by atomic mass is 127. The summed E-state index contributed by atoms with van der Waals surface area (Å²) in [5.74, 6) is -0.354. The molecule has 6 nitrogen and oxygen atoms in total. The van der Waals surface area contributed by atoms with Crippen molar-refractivity contribution in [3.63, 3.8) is 0 Å². The van der Waals surface area contributed by atoms with Crippen LogP contribution in [0.1, 0.15) is 12.0 Å². The summed E-state index contributed by atoms with van der Waals surface area (Å²) in [6, 6.07) is 11.7. The fourth-order valence-electron chi connectivity index (χ4n) is 2.73. The first-order valence-electron chi connectivity index (χ1n) is 7.74. The topological polar surface area (TPSA) is 85.6 Å². The normalized spacial score (nSPS) is 11.6. The smallest absolute Gasteiger partial charge is 0.303 e. The number of carboxylic acid groups (broad SMARTS) is 1. The predicted octanol–water partition coefficient (Wildman–Crippen LogP) is 3.51. The second-order valence-electron chi connectivity index (χ2n) is 5.69. The van der Waals surface area contributed by atoms with Crippen molar-refractivity contribution in [1.29, 1.82) is 0 Å². The summed E-state index contributed by atoms with van der Waals surface area (Å²) < 4.78 is 33.5. The predicted molar refractivity (Wildman–Crippen MR) is 106 cm³/mol. The van der Waals surface area contributed by atoms with E-state index in [2.05, 4.69) is 22.6 Å². The van der Waals surface area contributed by atoms with E-state index in [1.54, 1.807) is 42.5 Å². The highest BCUT2D eigenvalue weighted by molar-refractivity contribution is 14.1. The zero-order chi connectivity index (χ0) is 18.9. The molecule has 0 saturated carbocycles. The minimum absolute atomic E-state index is 0.0834. The van der Waals surface area contributed by atoms with Gasteiger partial charge in [-0.25, -0.2) is 12.4 Å². The molecule has 0 aliphatic rings. The van der Waals surface area contributed by atoms with E-state index >= 15 is 0 Å². The number of ether oxygens (including phenoxy) is 1. The molecule has 8 heteroatoms. The molecule has 1 aromatic heterocycles. The summed E-state index contributed by atoms with van der Waals surface area (Å²) >= 11 is 2.11. The number of carboxylic acids is 1. The standard InChI is InChI=1S/C18H16INO5S/c1-25-14-5-8-17-16(10-14)12(2-9-18(21)22)11-20(17)26(23,24)15-6-3-13(19)4-7-15/h3-8,10-11H,2,9H2,1H3,(H,21,22). The van der Waals surface area contributed by atoms with Crippen molar-refractivity contribution in [3.8, 4) is 5.75 Å². The maximum absolute atomic E-state index is 13.1. The van der Waals surface area contributed by atoms with Gasteiger partial charge in [-0.1, -0.05) is 0 Å². The molecule has 136 valence electrons. The van der Waals surface area contributed by atoms with E-state index < -0.39 is 16.0 Å². The van der Waals surface area contributed by atoms with Gasteiger partial charge in [0.25, 0.3) is 10.0 Å². The van der Waals surface area contributed by atoms with Crippen LogP contribution in [0, 0.1) is 3.57 Å². The van der Waals surface area contributed by atoms with Crippen LogP contribution in [0.3, 0.4) is 0 Å². The van der Waals surface area contributed by atoms with E-state index in [4.69, 9.17) is 9.84 Å². The van der Waals surface area contributed by atoms with Crippen molar-refractivity contribution in [2.75, 3.05) is 7.11 Å². The third-order valence-electron chi connectivity index (χ3n) is 4.04. The molecule has 0 spiro atoms. The summed E-state index contributed by atoms with van der Waals surface area (Å²) in [4.78, 5) is 11.1. The van der Waals surface area contributed by atoms with Crippen LogP contribution in [0.15, 0.2) is 53.6 Å². The maximum atomic E-state index is 13.1. The molecule has 3 rings (SSSR count). The van der Waals surface area contributed by atoms with Crippen LogP contribution in [0.5, 0.6) is 5.75 Å². The van der Waals surface area contributed by atoms with Gasteiger partial charge in [-0.2, -0.15) is 0 Å². The first-order chi connectivity index (χ1) is 12.3. The zero-order valence-corrected chi connectivity index (χ0v) is 16.8. The fraction of sp³-hybridized carbons (Fsp3) is 0.167. The second-order valence-corrected chi connectivity index (χ2v) is 8.75. The van der Waals surface area contributed by atoms with E-state index in [0.717, 1.165) is 3.57 Å². The van der Waals surface area contributed by atoms with Crippen molar-refractivity contribution in [3.05, 3.63) is 57.8 Å². The molecule has 0 aliphatic heterocycles. The van der Waals surface area contributed by atoms with E-state index in [0.29, 0.717) is 22.2 Å². The van der Waals surface area contributed by atoms with Crippen LogP contribution >= 0.6 is 22.6 Å². The Labute approximate surface area is 164 Å². The molecule has 0 radical (unpaired) electrons. The Hall–Kier alpha value is -2.07. The average molecular weight is 485 g/mol. The van der Waals surface area contributed by atoms with Crippen LogP contribution < -0.4 is 4.74 Å². The van der Waals surface area contributed by atoms with E-state index in [1.165, 1.54) is 17.3 Å². The molecule has 1 N–H and O–H groups in total. The summed E-state index contributed by atoms with van der Waals surface area (Å²) in [7, 11) is -2.27. The van der Waals surface area contributed by atoms with Gasteiger partial charge in [0, 0.05) is 21.6 Å². The lowest BCUT2D eigenvalue weighted by molar-refractivity contribution is -0.136. The van der Waals surface area contributed by atoms with Gasteiger partial charge < -0.3 is 9.84 Å². The molecule has 0 saturated heterocycles. The number of rotatable bonds is 6. The first kappa shape index (κ1) is 18.7. The molecule has 0 aliphatic carbocycles. The van der Waals surface area contributed by atoms with Gasteiger partial charge in [-0.15, -0.1) is 0 Å². The van der Waals surface area contributed by atoms with E-state index in [9.17, 15) is 13.2 Å². The third kappa shape index (κ3) is 3.56. The Kier molecular flexibility index (Phi) is 5.24. The van der Waals surface area contributed by atoms with Crippen molar-refractivity contribution < 1.29 is 23.1 Å². The van der Waals surface area contributed by atoms with Gasteiger partial charge in [0.2, 0.25) is 0 Å². The molecule has 0 atom stereocenters. The van der Waals surface area contributed by atoms with Crippen LogP contribution in [-0.4, -0.2) is 30.6 Å². The molecule has 1 heterocycles. The number of benzene rings is 2. The third-order valence-corrected chi connectivity index (χ3v) is 6.45. The Morgan fingerprint density at radius 2 is 1.88 bits per heavy atom. The molecule has 0 unspecified atom stereocenters. The summed E-state index contributed by atoms with van der Waals surface area (Å²) in [6.45, 7) is 0. The Bertz CT molecular complexity index is 1070. The highest BCUT2D eigenvalue weighted by Crippen LogP contribution is 2.30. The van der Waals surface area contributed by atoms with Gasteiger partial charge in [0.15, 0.2) is 0 Å². The molecular formula is C18H16INO5S. The summed E-state index contributed by atoms with van der Waals surface area (Å²) in [5.41, 5.74) is 1.14. The zero-order valence-electron chi connectivity index (χ0n) is 13.8. The average Bonchev–Trinajstić information content (AvgIpc) is 2.99. The molecule has 0 fully saturated rings. The van der Waals surface area contributed by atoms with Gasteiger partial charge in [0.05, 0.1) is 17.5 Å². The van der Waals surface area contributed by atoms with Crippen LogP contribution in [0.25, 0.3) is 10.9 Å². The number of aromatic nitrogens is 1. The number of aliphatic carboxylic acids is 1. The van der Waals surface area contributed by atoms with Crippen molar-refractivity contribution in [2.24, 2.45) is 0 Å². The van der Waals surface area contributed by atoms with Crippen molar-refractivity contribution in [1.82, 2.24) is 3.97 Å². The number of aryl methyl sites for hydroxylation is 1. The minimum atomic E-state index is -3.79. The number of carbonyl (C=O) groups is 1. The molecule has 0 amide bonds. The largest absolute Gasteiger partial charge is 0.497 e. The maximum Gasteiger partial charge on any atom is 0.303 e. The quantitative estimate of drug-likeness (QED) is 0.541. The van der Waals surface area contributed by atoms with Crippen molar-refractivity contribution in [2.45, 2.75) is 17.7 Å². The minimum Gasteiger partial charge on any atom is -0.497 e. The first-order valence-corrected chi connectivity index (χ1v) is 10.3. The van der Waals surface area contributed by atoms with Crippen molar-refractivity contribution >= 4 is 49.5 Å². The van der Waals surface area contributed by atoms with Crippen LogP contribution in [0.4, 0.5) is 0 Å². The Morgan fingerprint density at radius 3 is 2.50 bits per heavy atom. The van der Waals surface area contributed by atoms with E-state index in [1.807, 2.05) is 0 Å².